The van der Waals surface area contributed by atoms with E-state index in [-0.39, 0.29) is 34.2 Å². The topological polar surface area (TPSA) is 59.5 Å². The second-order valence-corrected chi connectivity index (χ2v) is 5.89. The molecular weight excluding hydrogens is 285 g/mol. The number of benzene rings is 1. The van der Waals surface area contributed by atoms with Gasteiger partial charge in [0.2, 0.25) is 0 Å². The van der Waals surface area contributed by atoms with Crippen LogP contribution in [0.25, 0.3) is 10.7 Å². The summed E-state index contributed by atoms with van der Waals surface area (Å²) in [5, 5.41) is 23.9. The molecule has 4 heteroatoms. The quantitative estimate of drug-likeness (QED) is 0.458. The summed E-state index contributed by atoms with van der Waals surface area (Å²) >= 11 is 0. The Morgan fingerprint density at radius 3 is 1.95 bits per heavy atom. The van der Waals surface area contributed by atoms with Crippen molar-refractivity contribution < 1.29 is 5.11 Å². The molecule has 0 fully saturated rings. The Hall–Kier alpha value is -0.584. The van der Waals surface area contributed by atoms with Crippen LogP contribution in [0, 0.1) is 13.8 Å². The third kappa shape index (κ3) is 11.0. The Labute approximate surface area is 153 Å². The summed E-state index contributed by atoms with van der Waals surface area (Å²) in [6.45, 7) is 13.7. The molecule has 3 nitrogen and oxygen atoms in total. The molecule has 0 aliphatic heterocycles. The minimum Gasteiger partial charge on any atom is -0.872 e. The largest absolute Gasteiger partial charge is 2.00 e. The molecule has 122 valence electrons. The summed E-state index contributed by atoms with van der Waals surface area (Å²) in [5.41, 5.74) is 2.11. The Morgan fingerprint density at radius 2 is 1.68 bits per heavy atom. The van der Waals surface area contributed by atoms with Crippen LogP contribution in [0.3, 0.4) is 0 Å². The van der Waals surface area contributed by atoms with Crippen LogP contribution in [0.15, 0.2) is 12.1 Å². The molecule has 0 heterocycles. The first-order valence-electron chi connectivity index (χ1n) is 7.26. The van der Waals surface area contributed by atoms with Gasteiger partial charge in [0, 0.05) is 0 Å². The fourth-order valence-electron chi connectivity index (χ4n) is 1.33. The van der Waals surface area contributed by atoms with Crippen LogP contribution in [0.5, 0.6) is 5.75 Å². The zero-order valence-corrected chi connectivity index (χ0v) is 16.8. The molecule has 0 radical (unpaired) electrons. The molecule has 0 saturated heterocycles. The van der Waals surface area contributed by atoms with Crippen LogP contribution in [0.4, 0.5) is 0 Å². The van der Waals surface area contributed by atoms with Gasteiger partial charge in [-0.05, 0) is 17.9 Å². The Morgan fingerprint density at radius 1 is 1.27 bits per heavy atom. The van der Waals surface area contributed by atoms with Crippen molar-refractivity contribution in [1.82, 2.24) is 0 Å². The summed E-state index contributed by atoms with van der Waals surface area (Å²) in [6, 6.07) is 3.63. The maximum Gasteiger partial charge on any atom is 2.00 e. The minimum absolute atomic E-state index is 0. The van der Waals surface area contributed by atoms with Gasteiger partial charge in [0.15, 0.2) is 0 Å². The van der Waals surface area contributed by atoms with Crippen LogP contribution in [0.2, 0.25) is 0 Å². The predicted molar refractivity (Wildman–Crippen MR) is 99.1 cm³/mol. The summed E-state index contributed by atoms with van der Waals surface area (Å²) in [7, 11) is 3.50. The summed E-state index contributed by atoms with van der Waals surface area (Å²) in [5.74, 6) is -0.0968. The zero-order chi connectivity index (χ0) is 17.1. The van der Waals surface area contributed by atoms with Crippen molar-refractivity contribution in [3.05, 3.63) is 46.5 Å². The van der Waals surface area contributed by atoms with Gasteiger partial charge in [0.05, 0.1) is 0 Å². The van der Waals surface area contributed by atoms with Gasteiger partial charge in [0.1, 0.15) is 0 Å². The molecule has 0 aliphatic rings. The fourth-order valence-corrected chi connectivity index (χ4v) is 1.33. The second kappa shape index (κ2) is 14.0. The molecule has 0 amide bonds. The van der Waals surface area contributed by atoms with E-state index in [9.17, 15) is 5.11 Å². The number of rotatable bonds is 2. The van der Waals surface area contributed by atoms with Crippen LogP contribution >= 0.6 is 0 Å². The Bertz CT molecular complexity index is 410. The van der Waals surface area contributed by atoms with Crippen molar-refractivity contribution in [2.75, 3.05) is 14.1 Å². The van der Waals surface area contributed by atoms with E-state index in [1.807, 2.05) is 6.07 Å². The molecule has 0 atom stereocenters. The smallest absolute Gasteiger partial charge is 0.872 e. The summed E-state index contributed by atoms with van der Waals surface area (Å²) < 4.78 is 0. The van der Waals surface area contributed by atoms with Gasteiger partial charge in [-0.3, -0.25) is 0 Å². The van der Waals surface area contributed by atoms with Gasteiger partial charge in [-0.1, -0.05) is 57.4 Å². The van der Waals surface area contributed by atoms with Crippen molar-refractivity contribution in [2.24, 2.45) is 0 Å². The van der Waals surface area contributed by atoms with E-state index < -0.39 is 0 Å². The van der Waals surface area contributed by atoms with Gasteiger partial charge in [0.25, 0.3) is 0 Å². The Kier molecular flexibility index (Phi) is 16.8. The predicted octanol–water partition coefficient (Wildman–Crippen LogP) is 4.21. The number of hydrogen-bond acceptors (Lipinski definition) is 1. The van der Waals surface area contributed by atoms with Gasteiger partial charge in [-0.25, -0.2) is 0 Å². The van der Waals surface area contributed by atoms with Crippen molar-refractivity contribution in [1.29, 1.82) is 0 Å². The Balaban J connectivity index is -0.000000384. The summed E-state index contributed by atoms with van der Waals surface area (Å²) in [4.78, 5) is 0. The average Bonchev–Trinajstić information content (AvgIpc) is 2.41. The van der Waals surface area contributed by atoms with E-state index >= 15 is 0 Å². The maximum absolute atomic E-state index is 11.5. The molecular formula is C18H30MgN2O-2. The van der Waals surface area contributed by atoms with E-state index in [1.54, 1.807) is 27.1 Å². The fraction of sp³-hybridized carbons (Fsp3) is 0.556. The standard InChI is InChI=1S/C12H16NO.C4H9.C2H6N.Mg/c1-8-5-10(12(2,3)4)6-9(7-13)11(8)14;1-3-4-2;1-3-2;/h5-7,14H,1-4H3;1,3-4H2,2H3;1-2H3;/q3*-1;+2/p-1. The normalized spacial score (nSPS) is 9.45. The van der Waals surface area contributed by atoms with Crippen LogP contribution in [-0.4, -0.2) is 43.4 Å². The van der Waals surface area contributed by atoms with E-state index in [2.05, 4.69) is 39.9 Å². The van der Waals surface area contributed by atoms with Gasteiger partial charge in [-0.15, -0.1) is 5.75 Å². The number of hydrogen-bond donors (Lipinski definition) is 0. The van der Waals surface area contributed by atoms with E-state index in [4.69, 9.17) is 5.41 Å². The summed E-state index contributed by atoms with van der Waals surface area (Å²) in [6.07, 6.45) is 3.16. The molecule has 1 aromatic rings. The van der Waals surface area contributed by atoms with Crippen molar-refractivity contribution in [3.8, 4) is 5.75 Å². The van der Waals surface area contributed by atoms with Gasteiger partial charge < -0.3 is 22.8 Å². The first kappa shape index (κ1) is 26.3. The molecule has 1 aromatic carbocycles. The molecule has 0 N–H and O–H groups in total. The zero-order valence-electron chi connectivity index (χ0n) is 15.4. The van der Waals surface area contributed by atoms with Gasteiger partial charge in [-0.2, -0.15) is 26.7 Å². The van der Waals surface area contributed by atoms with Crippen molar-refractivity contribution in [3.63, 3.8) is 0 Å². The van der Waals surface area contributed by atoms with E-state index in [0.717, 1.165) is 18.2 Å². The first-order chi connectivity index (χ1) is 9.69. The van der Waals surface area contributed by atoms with Gasteiger partial charge >= 0.3 is 23.1 Å². The molecule has 0 spiro atoms. The van der Waals surface area contributed by atoms with Crippen LogP contribution < -0.4 is 5.11 Å². The third-order valence-corrected chi connectivity index (χ3v) is 2.66. The average molecular weight is 315 g/mol. The van der Waals surface area contributed by atoms with E-state index in [1.165, 1.54) is 6.42 Å². The number of unbranched alkanes of at least 4 members (excludes halogenated alkanes) is 1. The minimum atomic E-state index is -0.0968. The third-order valence-electron chi connectivity index (χ3n) is 2.66. The molecule has 22 heavy (non-hydrogen) atoms. The second-order valence-electron chi connectivity index (χ2n) is 5.89. The number of aryl methyl sites for hydroxylation is 1. The molecule has 0 aliphatic carbocycles. The number of nitrogens with zero attached hydrogens (tertiary/aromatic N) is 2. The molecule has 0 bridgehead atoms. The van der Waals surface area contributed by atoms with Crippen molar-refractivity contribution in [2.45, 2.75) is 52.9 Å². The van der Waals surface area contributed by atoms with Crippen molar-refractivity contribution >= 4 is 29.3 Å². The SMILES string of the molecule is C[N-]C.Cc1cc(C(C)(C)C)cc(C=[N-])c1[O-].[CH2-]CCC.[Mg+2]. The monoisotopic (exact) mass is 314 g/mol. The van der Waals surface area contributed by atoms with E-state index in [0.29, 0.717) is 11.1 Å². The maximum atomic E-state index is 11.5. The molecule has 0 aromatic heterocycles. The van der Waals surface area contributed by atoms with Crippen LogP contribution in [0.1, 0.15) is 57.2 Å². The molecule has 0 unspecified atom stereocenters. The first-order valence-corrected chi connectivity index (χ1v) is 7.26. The molecule has 1 rings (SSSR count). The van der Waals surface area contributed by atoms with Crippen LogP contribution in [-0.2, 0) is 5.41 Å². The molecule has 0 saturated carbocycles.